The van der Waals surface area contributed by atoms with Crippen LogP contribution in [0, 0.1) is 13.8 Å². The number of carbonyl (C=O) groups is 2. The van der Waals surface area contributed by atoms with Crippen LogP contribution in [0.5, 0.6) is 0 Å². The highest BCUT2D eigenvalue weighted by Gasteiger charge is 2.15. The van der Waals surface area contributed by atoms with Crippen LogP contribution in [0.25, 0.3) is 0 Å². The molecule has 21 heavy (non-hydrogen) atoms. The van der Waals surface area contributed by atoms with Gasteiger partial charge in [-0.3, -0.25) is 20.4 Å². The Balaban J connectivity index is 2.04. The number of hydrogen-bond acceptors (Lipinski definition) is 2. The lowest BCUT2D eigenvalue weighted by atomic mass is 10.2. The molecule has 110 valence electrons. The number of hydrogen-bond donors (Lipinski definition) is 2. The highest BCUT2D eigenvalue weighted by atomic mass is 16.2. The predicted molar refractivity (Wildman–Crippen MR) is 81.0 cm³/mol. The molecule has 0 bridgehead atoms. The molecule has 0 aliphatic carbocycles. The number of carbonyl (C=O) groups excluding carboxylic acids is 2. The third kappa shape index (κ3) is 3.13. The second-order valence-electron chi connectivity index (χ2n) is 4.80. The zero-order valence-corrected chi connectivity index (χ0v) is 12.4. The fourth-order valence-electron chi connectivity index (χ4n) is 2.36. The zero-order chi connectivity index (χ0) is 15.4. The fraction of sp³-hybridized carbons (Fsp3) is 0.250. The van der Waals surface area contributed by atoms with Crippen molar-refractivity contribution in [2.45, 2.75) is 27.3 Å². The molecule has 2 rings (SSSR count). The quantitative estimate of drug-likeness (QED) is 0.849. The minimum Gasteiger partial charge on any atom is -0.349 e. The van der Waals surface area contributed by atoms with Gasteiger partial charge in [-0.05, 0) is 39.0 Å². The molecule has 1 aromatic carbocycles. The molecule has 1 heterocycles. The lowest BCUT2D eigenvalue weighted by molar-refractivity contribution is 0.0846. The Hall–Kier alpha value is -2.56. The summed E-state index contributed by atoms with van der Waals surface area (Å²) in [4.78, 5) is 24.0. The van der Waals surface area contributed by atoms with E-state index in [9.17, 15) is 9.59 Å². The van der Waals surface area contributed by atoms with Gasteiger partial charge in [-0.1, -0.05) is 18.2 Å². The first-order chi connectivity index (χ1) is 10.0. The van der Waals surface area contributed by atoms with Crippen LogP contribution in [0.2, 0.25) is 0 Å². The topological polar surface area (TPSA) is 63.1 Å². The number of amides is 2. The van der Waals surface area contributed by atoms with Gasteiger partial charge in [0.1, 0.15) is 0 Å². The van der Waals surface area contributed by atoms with E-state index < -0.39 is 0 Å². The van der Waals surface area contributed by atoms with Crippen LogP contribution in [-0.2, 0) is 6.54 Å². The van der Waals surface area contributed by atoms with Crippen LogP contribution in [0.15, 0.2) is 36.4 Å². The van der Waals surface area contributed by atoms with E-state index in [1.54, 1.807) is 24.3 Å². The second kappa shape index (κ2) is 6.26. The van der Waals surface area contributed by atoms with Gasteiger partial charge < -0.3 is 4.57 Å². The van der Waals surface area contributed by atoms with Crippen LogP contribution in [0.1, 0.15) is 39.0 Å². The molecule has 0 saturated heterocycles. The maximum absolute atomic E-state index is 12.1. The van der Waals surface area contributed by atoms with E-state index >= 15 is 0 Å². The number of aryl methyl sites for hydroxylation is 1. The number of aromatic nitrogens is 1. The Kier molecular flexibility index (Phi) is 4.42. The first-order valence-corrected chi connectivity index (χ1v) is 6.87. The summed E-state index contributed by atoms with van der Waals surface area (Å²) >= 11 is 0. The van der Waals surface area contributed by atoms with Crippen molar-refractivity contribution >= 4 is 11.8 Å². The van der Waals surface area contributed by atoms with Crippen molar-refractivity contribution < 1.29 is 9.59 Å². The van der Waals surface area contributed by atoms with Gasteiger partial charge in [0.2, 0.25) is 0 Å². The van der Waals surface area contributed by atoms with Gasteiger partial charge in [-0.25, -0.2) is 0 Å². The predicted octanol–water partition coefficient (Wildman–Crippen LogP) is 2.20. The fourth-order valence-corrected chi connectivity index (χ4v) is 2.36. The molecule has 2 aromatic rings. The highest BCUT2D eigenvalue weighted by Crippen LogP contribution is 2.14. The zero-order valence-electron chi connectivity index (χ0n) is 12.4. The average Bonchev–Trinajstić information content (AvgIpc) is 2.79. The number of rotatable bonds is 3. The molecule has 0 saturated carbocycles. The van der Waals surface area contributed by atoms with Gasteiger partial charge in [-0.2, -0.15) is 0 Å². The normalized spacial score (nSPS) is 10.2. The third-order valence-electron chi connectivity index (χ3n) is 3.46. The summed E-state index contributed by atoms with van der Waals surface area (Å²) < 4.78 is 2.05. The molecular formula is C16H19N3O2. The summed E-state index contributed by atoms with van der Waals surface area (Å²) in [6, 6.07) is 10.6. The third-order valence-corrected chi connectivity index (χ3v) is 3.46. The van der Waals surface area contributed by atoms with Gasteiger partial charge in [0.25, 0.3) is 11.8 Å². The molecule has 0 unspecified atom stereocenters. The molecule has 2 amide bonds. The molecule has 0 fully saturated rings. The molecule has 0 atom stereocenters. The Morgan fingerprint density at radius 1 is 1.05 bits per heavy atom. The SMILES string of the molecule is CCn1c(C)cc(C(=O)NNC(=O)c2ccccc2)c1C. The van der Waals surface area contributed by atoms with Crippen molar-refractivity contribution in [3.63, 3.8) is 0 Å². The van der Waals surface area contributed by atoms with Crippen molar-refractivity contribution in [3.05, 3.63) is 58.9 Å². The van der Waals surface area contributed by atoms with Crippen molar-refractivity contribution in [2.24, 2.45) is 0 Å². The number of hydrazine groups is 1. The first kappa shape index (κ1) is 14.8. The van der Waals surface area contributed by atoms with Crippen LogP contribution in [-0.4, -0.2) is 16.4 Å². The van der Waals surface area contributed by atoms with Crippen molar-refractivity contribution in [1.82, 2.24) is 15.4 Å². The molecule has 0 spiro atoms. The number of nitrogens with zero attached hydrogens (tertiary/aromatic N) is 1. The maximum atomic E-state index is 12.1. The standard InChI is InChI=1S/C16H19N3O2/c1-4-19-11(2)10-14(12(19)3)16(21)18-17-15(20)13-8-6-5-7-9-13/h5-10H,4H2,1-3H3,(H,17,20)(H,18,21). The van der Waals surface area contributed by atoms with Crippen molar-refractivity contribution in [2.75, 3.05) is 0 Å². The monoisotopic (exact) mass is 285 g/mol. The molecular weight excluding hydrogens is 266 g/mol. The van der Waals surface area contributed by atoms with E-state index in [-0.39, 0.29) is 11.8 Å². The molecule has 1 aromatic heterocycles. The summed E-state index contributed by atoms with van der Waals surface area (Å²) in [6.45, 7) is 6.68. The van der Waals surface area contributed by atoms with Crippen LogP contribution in [0.3, 0.4) is 0 Å². The van der Waals surface area contributed by atoms with Gasteiger partial charge in [0.15, 0.2) is 0 Å². The Labute approximate surface area is 123 Å². The van der Waals surface area contributed by atoms with Gasteiger partial charge in [0, 0.05) is 23.5 Å². The molecule has 5 heteroatoms. The van der Waals surface area contributed by atoms with E-state index in [2.05, 4.69) is 10.9 Å². The van der Waals surface area contributed by atoms with Crippen molar-refractivity contribution in [1.29, 1.82) is 0 Å². The minimum absolute atomic E-state index is 0.313. The summed E-state index contributed by atoms with van der Waals surface area (Å²) in [6.07, 6.45) is 0. The van der Waals surface area contributed by atoms with E-state index in [1.165, 1.54) is 0 Å². The highest BCUT2D eigenvalue weighted by molar-refractivity contribution is 5.99. The average molecular weight is 285 g/mol. The van der Waals surface area contributed by atoms with E-state index in [1.807, 2.05) is 37.5 Å². The smallest absolute Gasteiger partial charge is 0.271 e. The molecule has 2 N–H and O–H groups in total. The van der Waals surface area contributed by atoms with Crippen molar-refractivity contribution in [3.8, 4) is 0 Å². The summed E-state index contributed by atoms with van der Waals surface area (Å²) in [7, 11) is 0. The van der Waals surface area contributed by atoms with E-state index in [0.717, 1.165) is 17.9 Å². The largest absolute Gasteiger partial charge is 0.349 e. The van der Waals surface area contributed by atoms with E-state index in [4.69, 9.17) is 0 Å². The van der Waals surface area contributed by atoms with Gasteiger partial charge in [0.05, 0.1) is 5.56 Å². The molecule has 0 radical (unpaired) electrons. The lowest BCUT2D eigenvalue weighted by Crippen LogP contribution is -2.41. The van der Waals surface area contributed by atoms with Gasteiger partial charge in [-0.15, -0.1) is 0 Å². The molecule has 0 aliphatic heterocycles. The summed E-state index contributed by atoms with van der Waals surface area (Å²) in [5.74, 6) is -0.652. The number of nitrogens with one attached hydrogen (secondary N) is 2. The lowest BCUT2D eigenvalue weighted by Gasteiger charge is -2.08. The summed E-state index contributed by atoms with van der Waals surface area (Å²) in [5.41, 5.74) is 7.86. The second-order valence-corrected chi connectivity index (χ2v) is 4.80. The first-order valence-electron chi connectivity index (χ1n) is 6.87. The van der Waals surface area contributed by atoms with Gasteiger partial charge >= 0.3 is 0 Å². The van der Waals surface area contributed by atoms with Crippen LogP contribution < -0.4 is 10.9 Å². The Morgan fingerprint density at radius 3 is 2.24 bits per heavy atom. The van der Waals surface area contributed by atoms with E-state index in [0.29, 0.717) is 11.1 Å². The molecule has 5 nitrogen and oxygen atoms in total. The number of benzene rings is 1. The maximum Gasteiger partial charge on any atom is 0.271 e. The minimum atomic E-state index is -0.340. The van der Waals surface area contributed by atoms with Crippen LogP contribution in [0.4, 0.5) is 0 Å². The van der Waals surface area contributed by atoms with Crippen LogP contribution >= 0.6 is 0 Å². The summed E-state index contributed by atoms with van der Waals surface area (Å²) in [5, 5.41) is 0. The Bertz CT molecular complexity index is 660. The Morgan fingerprint density at radius 2 is 1.67 bits per heavy atom. The molecule has 0 aliphatic rings.